The molecule has 82 valence electrons. The molecule has 1 rings (SSSR count). The minimum Gasteiger partial charge on any atom is -0.314 e. The fourth-order valence-electron chi connectivity index (χ4n) is 1.89. The Morgan fingerprint density at radius 2 is 2.14 bits per heavy atom. The second kappa shape index (κ2) is 6.59. The van der Waals surface area contributed by atoms with Crippen LogP contribution in [0, 0.1) is 0 Å². The van der Waals surface area contributed by atoms with Crippen molar-refractivity contribution in [3.8, 4) is 0 Å². The number of piperidine rings is 1. The molecular formula is C11H21BrN2. The zero-order chi connectivity index (χ0) is 10.4. The Morgan fingerprint density at radius 3 is 2.64 bits per heavy atom. The molecule has 0 radical (unpaired) electrons. The lowest BCUT2D eigenvalue weighted by atomic mass is 10.1. The first-order valence-electron chi connectivity index (χ1n) is 5.51. The smallest absolute Gasteiger partial charge is 0.0293 e. The van der Waals surface area contributed by atoms with Crippen LogP contribution in [-0.2, 0) is 0 Å². The van der Waals surface area contributed by atoms with E-state index in [0.717, 1.165) is 23.6 Å². The number of hydrogen-bond acceptors (Lipinski definition) is 2. The molecule has 1 aliphatic heterocycles. The number of halogens is 1. The van der Waals surface area contributed by atoms with Crippen LogP contribution in [0.15, 0.2) is 11.1 Å². The van der Waals surface area contributed by atoms with Crippen molar-refractivity contribution in [3.63, 3.8) is 0 Å². The summed E-state index contributed by atoms with van der Waals surface area (Å²) >= 11 is 3.42. The summed E-state index contributed by atoms with van der Waals surface area (Å²) in [4.78, 5) is 2.46. The fourth-order valence-corrected chi connectivity index (χ4v) is 2.24. The molecule has 1 aliphatic rings. The minimum absolute atomic E-state index is 0.745. The Hall–Kier alpha value is 0.140. The number of hydrogen-bond donors (Lipinski definition) is 1. The van der Waals surface area contributed by atoms with Gasteiger partial charge in [-0.2, -0.15) is 0 Å². The highest BCUT2D eigenvalue weighted by Gasteiger charge is 2.17. The van der Waals surface area contributed by atoms with Crippen LogP contribution in [0.1, 0.15) is 26.2 Å². The van der Waals surface area contributed by atoms with Gasteiger partial charge in [0.15, 0.2) is 0 Å². The molecule has 3 heteroatoms. The standard InChI is InChI=1S/C11H21BrN2/c1-3-6-13-11-4-7-14(8-5-11)9-10(2)12/h11,13H,2-9H2,1H3. The largest absolute Gasteiger partial charge is 0.314 e. The van der Waals surface area contributed by atoms with E-state index in [1.54, 1.807) is 0 Å². The zero-order valence-electron chi connectivity index (χ0n) is 9.06. The van der Waals surface area contributed by atoms with Crippen molar-refractivity contribution in [2.75, 3.05) is 26.2 Å². The molecule has 14 heavy (non-hydrogen) atoms. The van der Waals surface area contributed by atoms with Gasteiger partial charge in [-0.15, -0.1) is 0 Å². The topological polar surface area (TPSA) is 15.3 Å². The molecule has 0 aromatic rings. The van der Waals surface area contributed by atoms with Gasteiger partial charge in [-0.25, -0.2) is 0 Å². The van der Waals surface area contributed by atoms with Crippen LogP contribution in [0.2, 0.25) is 0 Å². The molecule has 0 bridgehead atoms. The monoisotopic (exact) mass is 260 g/mol. The molecule has 0 unspecified atom stereocenters. The van der Waals surface area contributed by atoms with Crippen LogP contribution < -0.4 is 5.32 Å². The van der Waals surface area contributed by atoms with E-state index in [2.05, 4.69) is 39.6 Å². The maximum absolute atomic E-state index is 3.88. The van der Waals surface area contributed by atoms with Crippen LogP contribution in [0.4, 0.5) is 0 Å². The first kappa shape index (κ1) is 12.2. The van der Waals surface area contributed by atoms with Gasteiger partial charge in [0.1, 0.15) is 0 Å². The van der Waals surface area contributed by atoms with E-state index in [1.807, 2.05) is 0 Å². The van der Waals surface area contributed by atoms with Crippen LogP contribution in [0.5, 0.6) is 0 Å². The van der Waals surface area contributed by atoms with Crippen LogP contribution in [-0.4, -0.2) is 37.1 Å². The van der Waals surface area contributed by atoms with Gasteiger partial charge in [-0.1, -0.05) is 29.4 Å². The fraction of sp³-hybridized carbons (Fsp3) is 0.818. The average molecular weight is 261 g/mol. The van der Waals surface area contributed by atoms with Crippen molar-refractivity contribution in [2.24, 2.45) is 0 Å². The highest BCUT2D eigenvalue weighted by molar-refractivity contribution is 9.11. The first-order valence-corrected chi connectivity index (χ1v) is 6.30. The number of likely N-dealkylation sites (tertiary alicyclic amines) is 1. The molecular weight excluding hydrogens is 240 g/mol. The van der Waals surface area contributed by atoms with Gasteiger partial charge in [0.2, 0.25) is 0 Å². The molecule has 1 N–H and O–H groups in total. The maximum atomic E-state index is 3.88. The van der Waals surface area contributed by atoms with Gasteiger partial charge in [-0.05, 0) is 38.9 Å². The van der Waals surface area contributed by atoms with E-state index in [-0.39, 0.29) is 0 Å². The summed E-state index contributed by atoms with van der Waals surface area (Å²) in [6, 6.07) is 0.745. The van der Waals surface area contributed by atoms with Gasteiger partial charge in [0.05, 0.1) is 0 Å². The van der Waals surface area contributed by atoms with Crippen molar-refractivity contribution in [2.45, 2.75) is 32.2 Å². The second-order valence-electron chi connectivity index (χ2n) is 4.02. The Balaban J connectivity index is 2.14. The molecule has 0 aromatic carbocycles. The molecule has 0 atom stereocenters. The van der Waals surface area contributed by atoms with Crippen molar-refractivity contribution in [1.82, 2.24) is 10.2 Å². The lowest BCUT2D eigenvalue weighted by molar-refractivity contribution is 0.215. The van der Waals surface area contributed by atoms with Gasteiger partial charge >= 0.3 is 0 Å². The summed E-state index contributed by atoms with van der Waals surface area (Å²) in [5.74, 6) is 0. The van der Waals surface area contributed by atoms with Gasteiger partial charge in [0.25, 0.3) is 0 Å². The number of rotatable bonds is 5. The van der Waals surface area contributed by atoms with E-state index >= 15 is 0 Å². The Morgan fingerprint density at radius 1 is 1.50 bits per heavy atom. The number of nitrogens with zero attached hydrogens (tertiary/aromatic N) is 1. The average Bonchev–Trinajstić information content (AvgIpc) is 2.16. The molecule has 0 aliphatic carbocycles. The summed E-state index contributed by atoms with van der Waals surface area (Å²) in [5.41, 5.74) is 0. The Labute approximate surface area is 95.9 Å². The molecule has 0 spiro atoms. The summed E-state index contributed by atoms with van der Waals surface area (Å²) in [6.45, 7) is 10.7. The summed E-state index contributed by atoms with van der Waals surface area (Å²) in [7, 11) is 0. The van der Waals surface area contributed by atoms with E-state index in [9.17, 15) is 0 Å². The molecule has 0 saturated carbocycles. The van der Waals surface area contributed by atoms with Crippen molar-refractivity contribution in [1.29, 1.82) is 0 Å². The van der Waals surface area contributed by atoms with Crippen LogP contribution in [0.25, 0.3) is 0 Å². The molecule has 0 amide bonds. The van der Waals surface area contributed by atoms with Crippen molar-refractivity contribution >= 4 is 15.9 Å². The van der Waals surface area contributed by atoms with Crippen molar-refractivity contribution < 1.29 is 0 Å². The SMILES string of the molecule is C=C(Br)CN1CCC(NCCC)CC1. The van der Waals surface area contributed by atoms with Crippen molar-refractivity contribution in [3.05, 3.63) is 11.1 Å². The molecule has 2 nitrogen and oxygen atoms in total. The second-order valence-corrected chi connectivity index (χ2v) is 5.14. The summed E-state index contributed by atoms with van der Waals surface area (Å²) < 4.78 is 1.09. The zero-order valence-corrected chi connectivity index (χ0v) is 10.6. The van der Waals surface area contributed by atoms with Crippen LogP contribution in [0.3, 0.4) is 0 Å². The van der Waals surface area contributed by atoms with Gasteiger partial charge in [0, 0.05) is 17.1 Å². The third kappa shape index (κ3) is 4.58. The van der Waals surface area contributed by atoms with Gasteiger partial charge < -0.3 is 5.32 Å². The maximum Gasteiger partial charge on any atom is 0.0293 e. The van der Waals surface area contributed by atoms with E-state index < -0.39 is 0 Å². The molecule has 1 heterocycles. The van der Waals surface area contributed by atoms with E-state index in [1.165, 1.54) is 32.4 Å². The minimum atomic E-state index is 0.745. The van der Waals surface area contributed by atoms with Gasteiger partial charge in [-0.3, -0.25) is 4.90 Å². The number of nitrogens with one attached hydrogen (secondary N) is 1. The normalized spacial score (nSPS) is 19.9. The lowest BCUT2D eigenvalue weighted by Crippen LogP contribution is -2.42. The summed E-state index contributed by atoms with van der Waals surface area (Å²) in [5, 5.41) is 3.58. The lowest BCUT2D eigenvalue weighted by Gasteiger charge is -2.32. The van der Waals surface area contributed by atoms with E-state index in [0.29, 0.717) is 0 Å². The first-order chi connectivity index (χ1) is 6.72. The third-order valence-corrected chi connectivity index (χ3v) is 2.92. The molecule has 1 fully saturated rings. The summed E-state index contributed by atoms with van der Waals surface area (Å²) in [6.07, 6.45) is 3.79. The Bertz CT molecular complexity index is 174. The van der Waals surface area contributed by atoms with Crippen LogP contribution >= 0.6 is 15.9 Å². The predicted molar refractivity (Wildman–Crippen MR) is 65.8 cm³/mol. The highest BCUT2D eigenvalue weighted by atomic mass is 79.9. The Kier molecular flexibility index (Phi) is 5.75. The highest BCUT2D eigenvalue weighted by Crippen LogP contribution is 2.13. The molecule has 0 aromatic heterocycles. The quantitative estimate of drug-likeness (QED) is 0.817. The third-order valence-electron chi connectivity index (χ3n) is 2.67. The van der Waals surface area contributed by atoms with E-state index in [4.69, 9.17) is 0 Å². The molecule has 1 saturated heterocycles. The predicted octanol–water partition coefficient (Wildman–Crippen LogP) is 2.36.